The highest BCUT2D eigenvalue weighted by molar-refractivity contribution is 5.69. The third-order valence-electron chi connectivity index (χ3n) is 3.24. The molecule has 3 aromatic rings. The second-order valence-electron chi connectivity index (χ2n) is 4.76. The first-order valence-electron chi connectivity index (χ1n) is 6.34. The molecule has 0 saturated heterocycles. The maximum atomic E-state index is 5.49. The van der Waals surface area contributed by atoms with Gasteiger partial charge in [-0.1, -0.05) is 53.2 Å². The van der Waals surface area contributed by atoms with E-state index in [4.69, 9.17) is 4.52 Å². The van der Waals surface area contributed by atoms with Crippen molar-refractivity contribution in [1.29, 1.82) is 0 Å². The van der Waals surface area contributed by atoms with Gasteiger partial charge in [-0.25, -0.2) is 0 Å². The summed E-state index contributed by atoms with van der Waals surface area (Å²) >= 11 is 0. The lowest BCUT2D eigenvalue weighted by Crippen LogP contribution is -1.82. The quantitative estimate of drug-likeness (QED) is 0.662. The highest BCUT2D eigenvalue weighted by Gasteiger charge is 2.10. The lowest BCUT2D eigenvalue weighted by atomic mass is 10.0. The Labute approximate surface area is 112 Å². The van der Waals surface area contributed by atoms with Crippen LogP contribution in [-0.4, -0.2) is 5.16 Å². The van der Waals surface area contributed by atoms with Crippen molar-refractivity contribution in [3.05, 3.63) is 65.7 Å². The van der Waals surface area contributed by atoms with Crippen LogP contribution < -0.4 is 0 Å². The molecule has 2 aromatic carbocycles. The van der Waals surface area contributed by atoms with Gasteiger partial charge in [-0.3, -0.25) is 0 Å². The molecular weight excluding hydrogens is 234 g/mol. The average molecular weight is 249 g/mol. The van der Waals surface area contributed by atoms with Crippen LogP contribution in [0.15, 0.2) is 59.1 Å². The minimum Gasteiger partial charge on any atom is -0.356 e. The van der Waals surface area contributed by atoms with Crippen LogP contribution in [0.4, 0.5) is 0 Å². The lowest BCUT2D eigenvalue weighted by Gasteiger charge is -2.02. The van der Waals surface area contributed by atoms with E-state index in [0.29, 0.717) is 0 Å². The van der Waals surface area contributed by atoms with Gasteiger partial charge < -0.3 is 4.52 Å². The van der Waals surface area contributed by atoms with E-state index in [2.05, 4.69) is 37.2 Å². The van der Waals surface area contributed by atoms with Crippen LogP contribution in [0.2, 0.25) is 0 Å². The molecule has 2 nitrogen and oxygen atoms in total. The zero-order chi connectivity index (χ0) is 13.2. The van der Waals surface area contributed by atoms with Crippen molar-refractivity contribution < 1.29 is 4.52 Å². The Hall–Kier alpha value is -2.35. The molecule has 2 heteroatoms. The Bertz CT molecular complexity index is 698. The van der Waals surface area contributed by atoms with Crippen molar-refractivity contribution in [2.45, 2.75) is 13.8 Å². The van der Waals surface area contributed by atoms with Crippen molar-refractivity contribution in [1.82, 2.24) is 5.16 Å². The van der Waals surface area contributed by atoms with Crippen LogP contribution in [-0.2, 0) is 0 Å². The van der Waals surface area contributed by atoms with Gasteiger partial charge in [0, 0.05) is 17.2 Å². The molecule has 0 aliphatic rings. The van der Waals surface area contributed by atoms with Crippen molar-refractivity contribution >= 4 is 0 Å². The van der Waals surface area contributed by atoms with Crippen molar-refractivity contribution in [2.24, 2.45) is 0 Å². The van der Waals surface area contributed by atoms with E-state index in [-0.39, 0.29) is 0 Å². The number of hydrogen-bond donors (Lipinski definition) is 0. The first-order chi connectivity index (χ1) is 9.24. The van der Waals surface area contributed by atoms with Gasteiger partial charge in [0.1, 0.15) is 5.69 Å². The zero-order valence-electron chi connectivity index (χ0n) is 11.1. The van der Waals surface area contributed by atoms with E-state index >= 15 is 0 Å². The third-order valence-corrected chi connectivity index (χ3v) is 3.24. The summed E-state index contributed by atoms with van der Waals surface area (Å²) in [5.41, 5.74) is 5.47. The Balaban J connectivity index is 2.04. The number of aryl methyl sites for hydroxylation is 2. The summed E-state index contributed by atoms with van der Waals surface area (Å²) in [7, 11) is 0. The van der Waals surface area contributed by atoms with E-state index in [1.807, 2.05) is 36.4 Å². The highest BCUT2D eigenvalue weighted by Crippen LogP contribution is 2.28. The Morgan fingerprint density at radius 3 is 2.47 bits per heavy atom. The number of aromatic nitrogens is 1. The minimum atomic E-state index is 0.819. The molecule has 0 spiro atoms. The maximum Gasteiger partial charge on any atom is 0.167 e. The number of rotatable bonds is 2. The van der Waals surface area contributed by atoms with Gasteiger partial charge >= 0.3 is 0 Å². The van der Waals surface area contributed by atoms with Crippen molar-refractivity contribution in [2.75, 3.05) is 0 Å². The Morgan fingerprint density at radius 1 is 0.895 bits per heavy atom. The Kier molecular flexibility index (Phi) is 2.92. The number of hydrogen-bond acceptors (Lipinski definition) is 2. The standard InChI is InChI=1S/C17H15NO/c1-12-8-9-13(2)15(10-12)17-11-16(18-19-17)14-6-4-3-5-7-14/h3-11H,1-2H3. The van der Waals surface area contributed by atoms with Gasteiger partial charge in [-0.05, 0) is 25.5 Å². The molecule has 1 aromatic heterocycles. The summed E-state index contributed by atoms with van der Waals surface area (Å²) in [5.74, 6) is 0.819. The zero-order valence-corrected chi connectivity index (χ0v) is 11.1. The highest BCUT2D eigenvalue weighted by atomic mass is 16.5. The molecule has 1 heterocycles. The predicted molar refractivity (Wildman–Crippen MR) is 76.8 cm³/mol. The van der Waals surface area contributed by atoms with Crippen LogP contribution in [0.1, 0.15) is 11.1 Å². The van der Waals surface area contributed by atoms with Crippen LogP contribution in [0, 0.1) is 13.8 Å². The smallest absolute Gasteiger partial charge is 0.167 e. The molecule has 0 aliphatic heterocycles. The van der Waals surface area contributed by atoms with Gasteiger partial charge in [0.25, 0.3) is 0 Å². The van der Waals surface area contributed by atoms with E-state index in [0.717, 1.165) is 22.6 Å². The van der Waals surface area contributed by atoms with Gasteiger partial charge in [-0.15, -0.1) is 0 Å². The van der Waals surface area contributed by atoms with Gasteiger partial charge in [0.05, 0.1) is 0 Å². The van der Waals surface area contributed by atoms with Crippen LogP contribution >= 0.6 is 0 Å². The lowest BCUT2D eigenvalue weighted by molar-refractivity contribution is 0.434. The van der Waals surface area contributed by atoms with E-state index < -0.39 is 0 Å². The topological polar surface area (TPSA) is 26.0 Å². The molecule has 0 bridgehead atoms. The van der Waals surface area contributed by atoms with Gasteiger partial charge in [0.2, 0.25) is 0 Å². The summed E-state index contributed by atoms with van der Waals surface area (Å²) in [6.07, 6.45) is 0. The van der Waals surface area contributed by atoms with E-state index in [1.54, 1.807) is 0 Å². The predicted octanol–water partition coefficient (Wildman–Crippen LogP) is 4.63. The molecule has 0 radical (unpaired) electrons. The molecule has 0 unspecified atom stereocenters. The van der Waals surface area contributed by atoms with Crippen molar-refractivity contribution in [3.8, 4) is 22.6 Å². The molecule has 0 atom stereocenters. The maximum absolute atomic E-state index is 5.49. The molecule has 3 rings (SSSR count). The van der Waals surface area contributed by atoms with Crippen LogP contribution in [0.25, 0.3) is 22.6 Å². The molecular formula is C17H15NO. The van der Waals surface area contributed by atoms with Gasteiger partial charge in [-0.2, -0.15) is 0 Å². The first kappa shape index (κ1) is 11.7. The summed E-state index contributed by atoms with van der Waals surface area (Å²) in [6.45, 7) is 4.16. The molecule has 0 aliphatic carbocycles. The summed E-state index contributed by atoms with van der Waals surface area (Å²) in [6, 6.07) is 18.4. The summed E-state index contributed by atoms with van der Waals surface area (Å²) in [4.78, 5) is 0. The number of nitrogens with zero attached hydrogens (tertiary/aromatic N) is 1. The second-order valence-corrected chi connectivity index (χ2v) is 4.76. The molecule has 0 N–H and O–H groups in total. The van der Waals surface area contributed by atoms with Gasteiger partial charge in [0.15, 0.2) is 5.76 Å². The minimum absolute atomic E-state index is 0.819. The number of benzene rings is 2. The third kappa shape index (κ3) is 2.29. The van der Waals surface area contributed by atoms with E-state index in [9.17, 15) is 0 Å². The Morgan fingerprint density at radius 2 is 1.68 bits per heavy atom. The first-order valence-corrected chi connectivity index (χ1v) is 6.34. The van der Waals surface area contributed by atoms with Crippen LogP contribution in [0.5, 0.6) is 0 Å². The molecule has 0 saturated carbocycles. The molecule has 94 valence electrons. The fourth-order valence-electron chi connectivity index (χ4n) is 2.15. The second kappa shape index (κ2) is 4.73. The summed E-state index contributed by atoms with van der Waals surface area (Å²) < 4.78 is 5.49. The summed E-state index contributed by atoms with van der Waals surface area (Å²) in [5, 5.41) is 4.16. The SMILES string of the molecule is Cc1ccc(C)c(-c2cc(-c3ccccc3)no2)c1. The molecule has 0 fully saturated rings. The fraction of sp³-hybridized carbons (Fsp3) is 0.118. The van der Waals surface area contributed by atoms with Crippen molar-refractivity contribution in [3.63, 3.8) is 0 Å². The largest absolute Gasteiger partial charge is 0.356 e. The van der Waals surface area contributed by atoms with Crippen LogP contribution in [0.3, 0.4) is 0 Å². The fourth-order valence-corrected chi connectivity index (χ4v) is 2.15. The van der Waals surface area contributed by atoms with E-state index in [1.165, 1.54) is 11.1 Å². The average Bonchev–Trinajstić information content (AvgIpc) is 2.92. The molecule has 19 heavy (non-hydrogen) atoms. The monoisotopic (exact) mass is 249 g/mol. The molecule has 0 amide bonds. The normalized spacial score (nSPS) is 10.6.